The van der Waals surface area contributed by atoms with Gasteiger partial charge in [0.2, 0.25) is 5.88 Å². The van der Waals surface area contributed by atoms with Crippen molar-refractivity contribution in [3.05, 3.63) is 29.7 Å². The standard InChI is InChI=1S/C10H11ClN2O/c1-2-5-14-9-6-8(11)12-10(13-9)7-3-4-7/h2,6-7H,1,3-5H2. The van der Waals surface area contributed by atoms with E-state index in [-0.39, 0.29) is 0 Å². The van der Waals surface area contributed by atoms with Crippen molar-refractivity contribution in [1.29, 1.82) is 0 Å². The molecule has 0 atom stereocenters. The fraction of sp³-hybridized carbons (Fsp3) is 0.400. The van der Waals surface area contributed by atoms with E-state index in [0.29, 0.717) is 23.6 Å². The van der Waals surface area contributed by atoms with Crippen LogP contribution in [0.1, 0.15) is 24.6 Å². The summed E-state index contributed by atoms with van der Waals surface area (Å²) in [6, 6.07) is 1.62. The molecule has 1 aromatic heterocycles. The summed E-state index contributed by atoms with van der Waals surface area (Å²) in [5, 5.41) is 0.445. The Labute approximate surface area is 87.8 Å². The molecule has 0 spiro atoms. The van der Waals surface area contributed by atoms with Crippen LogP contribution in [-0.2, 0) is 0 Å². The molecule has 1 saturated carbocycles. The lowest BCUT2D eigenvalue weighted by atomic mass is 10.4. The Morgan fingerprint density at radius 3 is 3.00 bits per heavy atom. The fourth-order valence-corrected chi connectivity index (χ4v) is 1.34. The Kier molecular flexibility index (Phi) is 2.68. The normalized spacial score (nSPS) is 15.2. The van der Waals surface area contributed by atoms with Gasteiger partial charge in [0.1, 0.15) is 17.6 Å². The zero-order chi connectivity index (χ0) is 9.97. The van der Waals surface area contributed by atoms with Gasteiger partial charge < -0.3 is 4.74 Å². The summed E-state index contributed by atoms with van der Waals surface area (Å²) in [4.78, 5) is 8.42. The lowest BCUT2D eigenvalue weighted by Crippen LogP contribution is -2.00. The van der Waals surface area contributed by atoms with Crippen LogP contribution in [0.5, 0.6) is 5.88 Å². The van der Waals surface area contributed by atoms with Crippen molar-refractivity contribution in [2.75, 3.05) is 6.61 Å². The Bertz CT molecular complexity index is 350. The number of aromatic nitrogens is 2. The van der Waals surface area contributed by atoms with Gasteiger partial charge in [-0.05, 0) is 12.8 Å². The molecule has 74 valence electrons. The van der Waals surface area contributed by atoms with E-state index >= 15 is 0 Å². The predicted octanol–water partition coefficient (Wildman–Crippen LogP) is 2.57. The van der Waals surface area contributed by atoms with Crippen LogP contribution < -0.4 is 4.74 Å². The Hall–Kier alpha value is -1.09. The second kappa shape index (κ2) is 3.96. The lowest BCUT2D eigenvalue weighted by molar-refractivity contribution is 0.346. The van der Waals surface area contributed by atoms with Crippen LogP contribution in [-0.4, -0.2) is 16.6 Å². The van der Waals surface area contributed by atoms with Gasteiger partial charge in [0.15, 0.2) is 0 Å². The molecule has 0 bridgehead atoms. The smallest absolute Gasteiger partial charge is 0.218 e. The van der Waals surface area contributed by atoms with Crippen molar-refractivity contribution in [2.24, 2.45) is 0 Å². The minimum atomic E-state index is 0.442. The Morgan fingerprint density at radius 1 is 1.57 bits per heavy atom. The number of hydrogen-bond acceptors (Lipinski definition) is 3. The molecule has 1 heterocycles. The van der Waals surface area contributed by atoms with E-state index in [1.807, 2.05) is 0 Å². The van der Waals surface area contributed by atoms with Gasteiger partial charge >= 0.3 is 0 Å². The van der Waals surface area contributed by atoms with E-state index in [1.165, 1.54) is 0 Å². The quantitative estimate of drug-likeness (QED) is 0.566. The highest BCUT2D eigenvalue weighted by molar-refractivity contribution is 6.29. The molecule has 0 radical (unpaired) electrons. The summed E-state index contributed by atoms with van der Waals surface area (Å²) in [5.41, 5.74) is 0. The second-order valence-corrected chi connectivity index (χ2v) is 3.65. The third-order valence-corrected chi connectivity index (χ3v) is 2.17. The van der Waals surface area contributed by atoms with Gasteiger partial charge in [-0.3, -0.25) is 0 Å². The maximum absolute atomic E-state index is 5.84. The molecular weight excluding hydrogens is 200 g/mol. The minimum absolute atomic E-state index is 0.442. The third-order valence-electron chi connectivity index (χ3n) is 1.98. The lowest BCUT2D eigenvalue weighted by Gasteiger charge is -2.04. The van der Waals surface area contributed by atoms with Crippen LogP contribution >= 0.6 is 11.6 Å². The van der Waals surface area contributed by atoms with Gasteiger partial charge in [0, 0.05) is 12.0 Å². The van der Waals surface area contributed by atoms with Crippen molar-refractivity contribution in [3.63, 3.8) is 0 Å². The molecule has 1 aliphatic carbocycles. The van der Waals surface area contributed by atoms with E-state index in [9.17, 15) is 0 Å². The van der Waals surface area contributed by atoms with Crippen LogP contribution in [0.4, 0.5) is 0 Å². The molecule has 1 aliphatic rings. The average Bonchev–Trinajstić information content (AvgIpc) is 2.97. The van der Waals surface area contributed by atoms with Crippen LogP contribution in [0.15, 0.2) is 18.7 Å². The maximum atomic E-state index is 5.84. The molecule has 0 saturated heterocycles. The van der Waals surface area contributed by atoms with Gasteiger partial charge in [-0.25, -0.2) is 4.98 Å². The van der Waals surface area contributed by atoms with E-state index in [4.69, 9.17) is 16.3 Å². The highest BCUT2D eigenvalue weighted by Gasteiger charge is 2.27. The molecule has 0 aliphatic heterocycles. The van der Waals surface area contributed by atoms with Gasteiger partial charge in [-0.15, -0.1) is 0 Å². The highest BCUT2D eigenvalue weighted by atomic mass is 35.5. The molecule has 0 N–H and O–H groups in total. The second-order valence-electron chi connectivity index (χ2n) is 3.26. The monoisotopic (exact) mass is 210 g/mol. The molecule has 0 aromatic carbocycles. The van der Waals surface area contributed by atoms with Crippen molar-refractivity contribution in [2.45, 2.75) is 18.8 Å². The topological polar surface area (TPSA) is 35.0 Å². The molecule has 0 amide bonds. The van der Waals surface area contributed by atoms with Crippen LogP contribution in [0.3, 0.4) is 0 Å². The molecule has 14 heavy (non-hydrogen) atoms. The molecule has 3 nitrogen and oxygen atoms in total. The van der Waals surface area contributed by atoms with Gasteiger partial charge in [0.05, 0.1) is 0 Å². The maximum Gasteiger partial charge on any atom is 0.218 e. The zero-order valence-corrected chi connectivity index (χ0v) is 8.50. The highest BCUT2D eigenvalue weighted by Crippen LogP contribution is 2.38. The third kappa shape index (κ3) is 2.23. The molecule has 0 unspecified atom stereocenters. The Morgan fingerprint density at radius 2 is 2.36 bits per heavy atom. The van der Waals surface area contributed by atoms with Crippen molar-refractivity contribution < 1.29 is 4.74 Å². The number of rotatable bonds is 4. The van der Waals surface area contributed by atoms with Crippen LogP contribution in [0.25, 0.3) is 0 Å². The number of ether oxygens (including phenoxy) is 1. The minimum Gasteiger partial charge on any atom is -0.473 e. The largest absolute Gasteiger partial charge is 0.473 e. The van der Waals surface area contributed by atoms with E-state index in [2.05, 4.69) is 16.5 Å². The summed E-state index contributed by atoms with van der Waals surface area (Å²) < 4.78 is 5.30. The van der Waals surface area contributed by atoms with Crippen molar-refractivity contribution in [3.8, 4) is 5.88 Å². The zero-order valence-electron chi connectivity index (χ0n) is 7.74. The van der Waals surface area contributed by atoms with Gasteiger partial charge in [-0.1, -0.05) is 24.3 Å². The SMILES string of the molecule is C=CCOc1cc(Cl)nc(C2CC2)n1. The van der Waals surface area contributed by atoms with E-state index < -0.39 is 0 Å². The first-order valence-corrected chi connectivity index (χ1v) is 4.95. The van der Waals surface area contributed by atoms with Crippen LogP contribution in [0, 0.1) is 0 Å². The summed E-state index contributed by atoms with van der Waals surface area (Å²) in [5.74, 6) is 1.82. The molecular formula is C10H11ClN2O. The number of hydrogen-bond donors (Lipinski definition) is 0. The predicted molar refractivity (Wildman–Crippen MR) is 54.7 cm³/mol. The van der Waals surface area contributed by atoms with E-state index in [0.717, 1.165) is 18.7 Å². The first-order chi connectivity index (χ1) is 6.79. The summed E-state index contributed by atoms with van der Waals surface area (Å²) in [6.45, 7) is 4.01. The van der Waals surface area contributed by atoms with E-state index in [1.54, 1.807) is 12.1 Å². The average molecular weight is 211 g/mol. The van der Waals surface area contributed by atoms with Crippen molar-refractivity contribution >= 4 is 11.6 Å². The van der Waals surface area contributed by atoms with Gasteiger partial charge in [-0.2, -0.15) is 4.98 Å². The van der Waals surface area contributed by atoms with Crippen LogP contribution in [0.2, 0.25) is 5.15 Å². The molecule has 1 fully saturated rings. The first kappa shape index (κ1) is 9.46. The molecule has 4 heteroatoms. The molecule has 2 rings (SSSR count). The number of halogens is 1. The first-order valence-electron chi connectivity index (χ1n) is 4.58. The fourth-order valence-electron chi connectivity index (χ4n) is 1.16. The Balaban J connectivity index is 2.17. The summed E-state index contributed by atoms with van der Waals surface area (Å²) in [7, 11) is 0. The van der Waals surface area contributed by atoms with Gasteiger partial charge in [0.25, 0.3) is 0 Å². The molecule has 1 aromatic rings. The van der Waals surface area contributed by atoms with Crippen molar-refractivity contribution in [1.82, 2.24) is 9.97 Å². The number of nitrogens with zero attached hydrogens (tertiary/aromatic N) is 2. The summed E-state index contributed by atoms with van der Waals surface area (Å²) in [6.07, 6.45) is 3.98. The summed E-state index contributed by atoms with van der Waals surface area (Å²) >= 11 is 5.84.